The zero-order chi connectivity index (χ0) is 21.0. The Morgan fingerprint density at radius 2 is 1.69 bits per heavy atom. The van der Waals surface area contributed by atoms with Crippen LogP contribution in [-0.2, 0) is 9.59 Å². The maximum atomic E-state index is 13.1. The summed E-state index contributed by atoms with van der Waals surface area (Å²) in [5.41, 5.74) is 1.18. The Morgan fingerprint density at radius 1 is 1.03 bits per heavy atom. The molecule has 0 aliphatic carbocycles. The lowest BCUT2D eigenvalue weighted by atomic mass is 10.1. The predicted molar refractivity (Wildman–Crippen MR) is 119 cm³/mol. The lowest BCUT2D eigenvalue weighted by Gasteiger charge is -2.29. The van der Waals surface area contributed by atoms with E-state index in [1.807, 2.05) is 13.8 Å². The van der Waals surface area contributed by atoms with E-state index in [2.05, 4.69) is 21.2 Å². The second-order valence-electron chi connectivity index (χ2n) is 6.01. The van der Waals surface area contributed by atoms with Crippen LogP contribution in [0.4, 0.5) is 5.69 Å². The molecule has 0 atom stereocenters. The Balaban J connectivity index is 1.98. The Morgan fingerprint density at radius 3 is 2.34 bits per heavy atom. The average Bonchev–Trinajstić information content (AvgIpc) is 2.69. The number of hydrogen-bond donors (Lipinski definition) is 1. The first-order valence-corrected chi connectivity index (χ1v) is 10.2. The van der Waals surface area contributed by atoms with E-state index in [4.69, 9.17) is 21.7 Å². The molecule has 0 aromatic heterocycles. The third kappa shape index (κ3) is 4.65. The van der Waals surface area contributed by atoms with Crippen LogP contribution < -0.4 is 19.7 Å². The highest BCUT2D eigenvalue weighted by Gasteiger charge is 2.34. The average molecular weight is 475 g/mol. The summed E-state index contributed by atoms with van der Waals surface area (Å²) in [5, 5.41) is 2.62. The van der Waals surface area contributed by atoms with Crippen LogP contribution in [0.25, 0.3) is 6.08 Å². The summed E-state index contributed by atoms with van der Waals surface area (Å²) in [5.74, 6) is 0.120. The van der Waals surface area contributed by atoms with E-state index in [-0.39, 0.29) is 10.7 Å². The van der Waals surface area contributed by atoms with Crippen LogP contribution in [0, 0.1) is 0 Å². The van der Waals surface area contributed by atoms with Crippen LogP contribution in [0.1, 0.15) is 19.4 Å². The van der Waals surface area contributed by atoms with Gasteiger partial charge in [0.15, 0.2) is 16.6 Å². The molecule has 6 nitrogen and oxygen atoms in total. The van der Waals surface area contributed by atoms with Crippen molar-refractivity contribution >= 4 is 56.8 Å². The topological polar surface area (TPSA) is 67.9 Å². The molecule has 1 heterocycles. The Bertz CT molecular complexity index is 989. The monoisotopic (exact) mass is 474 g/mol. The minimum absolute atomic E-state index is 0.0203. The van der Waals surface area contributed by atoms with Gasteiger partial charge in [-0.05, 0) is 74.1 Å². The Hall–Kier alpha value is -2.71. The summed E-state index contributed by atoms with van der Waals surface area (Å²) in [6.45, 7) is 4.72. The first-order chi connectivity index (χ1) is 13.9. The number of nitrogens with one attached hydrogen (secondary N) is 1. The molecule has 3 rings (SSSR count). The van der Waals surface area contributed by atoms with Crippen LogP contribution in [0.15, 0.2) is 52.5 Å². The van der Waals surface area contributed by atoms with Gasteiger partial charge in [0.1, 0.15) is 5.57 Å². The van der Waals surface area contributed by atoms with Crippen molar-refractivity contribution in [1.29, 1.82) is 0 Å². The quantitative estimate of drug-likeness (QED) is 0.388. The van der Waals surface area contributed by atoms with Crippen LogP contribution >= 0.6 is 28.1 Å². The fraction of sp³-hybridized carbons (Fsp3) is 0.190. The van der Waals surface area contributed by atoms with Crippen LogP contribution in [0.3, 0.4) is 0 Å². The van der Waals surface area contributed by atoms with Gasteiger partial charge in [-0.3, -0.25) is 19.8 Å². The number of nitrogens with zero attached hydrogens (tertiary/aromatic N) is 1. The first-order valence-electron chi connectivity index (χ1n) is 9.01. The van der Waals surface area contributed by atoms with E-state index in [1.165, 1.54) is 11.0 Å². The first kappa shape index (κ1) is 21.0. The van der Waals surface area contributed by atoms with Crippen LogP contribution in [-0.4, -0.2) is 30.1 Å². The highest BCUT2D eigenvalue weighted by Crippen LogP contribution is 2.30. The molecule has 1 aliphatic heterocycles. The smallest absolute Gasteiger partial charge is 0.270 e. The van der Waals surface area contributed by atoms with Crippen molar-refractivity contribution in [3.63, 3.8) is 0 Å². The molecule has 1 fully saturated rings. The number of amides is 2. The van der Waals surface area contributed by atoms with Crippen molar-refractivity contribution in [1.82, 2.24) is 5.32 Å². The van der Waals surface area contributed by atoms with Crippen molar-refractivity contribution in [2.24, 2.45) is 0 Å². The Labute approximate surface area is 182 Å². The number of hydrogen-bond acceptors (Lipinski definition) is 5. The molecule has 8 heteroatoms. The number of carbonyl (C=O) groups excluding carboxylic acids is 2. The number of ether oxygens (including phenoxy) is 2. The van der Waals surface area contributed by atoms with Gasteiger partial charge in [0.2, 0.25) is 0 Å². The zero-order valence-corrected chi connectivity index (χ0v) is 18.3. The number of halogens is 1. The van der Waals surface area contributed by atoms with Crippen LogP contribution in [0.5, 0.6) is 11.5 Å². The summed E-state index contributed by atoms with van der Waals surface area (Å²) in [6, 6.07) is 12.3. The number of carbonyl (C=O) groups is 2. The summed E-state index contributed by atoms with van der Waals surface area (Å²) >= 11 is 8.57. The van der Waals surface area contributed by atoms with Crippen molar-refractivity contribution in [3.05, 3.63) is 58.1 Å². The highest BCUT2D eigenvalue weighted by molar-refractivity contribution is 9.10. The van der Waals surface area contributed by atoms with Gasteiger partial charge in [0.25, 0.3) is 11.8 Å². The molecule has 150 valence electrons. The molecule has 0 radical (unpaired) electrons. The predicted octanol–water partition coefficient (Wildman–Crippen LogP) is 4.08. The molecule has 1 saturated heterocycles. The van der Waals surface area contributed by atoms with Gasteiger partial charge in [-0.25, -0.2) is 0 Å². The van der Waals surface area contributed by atoms with Gasteiger partial charge in [-0.1, -0.05) is 22.0 Å². The summed E-state index contributed by atoms with van der Waals surface area (Å²) in [4.78, 5) is 26.8. The van der Waals surface area contributed by atoms with Gasteiger partial charge < -0.3 is 9.47 Å². The maximum absolute atomic E-state index is 13.1. The largest absolute Gasteiger partial charge is 0.490 e. The minimum atomic E-state index is -0.541. The SMILES string of the molecule is CCOc1ccc(/C=C2/C(=O)NC(=S)N(c3ccc(Br)cc3)C2=O)cc1OCC. The van der Waals surface area contributed by atoms with Crippen molar-refractivity contribution in [2.75, 3.05) is 18.1 Å². The van der Waals surface area contributed by atoms with E-state index in [9.17, 15) is 9.59 Å². The minimum Gasteiger partial charge on any atom is -0.490 e. The Kier molecular flexibility index (Phi) is 6.66. The molecule has 1 N–H and O–H groups in total. The molecule has 2 amide bonds. The number of anilines is 1. The normalized spacial score (nSPS) is 15.5. The van der Waals surface area contributed by atoms with Crippen molar-refractivity contribution < 1.29 is 19.1 Å². The van der Waals surface area contributed by atoms with Gasteiger partial charge >= 0.3 is 0 Å². The molecule has 0 spiro atoms. The fourth-order valence-electron chi connectivity index (χ4n) is 2.81. The molecular weight excluding hydrogens is 456 g/mol. The lowest BCUT2D eigenvalue weighted by molar-refractivity contribution is -0.122. The number of thiocarbonyl (C=S) groups is 1. The summed E-state index contributed by atoms with van der Waals surface area (Å²) in [7, 11) is 0. The third-order valence-electron chi connectivity index (χ3n) is 4.06. The molecular formula is C21H19BrN2O4S. The highest BCUT2D eigenvalue weighted by atomic mass is 79.9. The van der Waals surface area contributed by atoms with Gasteiger partial charge in [0, 0.05) is 4.47 Å². The molecule has 0 saturated carbocycles. The molecule has 2 aromatic carbocycles. The maximum Gasteiger partial charge on any atom is 0.270 e. The number of benzene rings is 2. The molecule has 29 heavy (non-hydrogen) atoms. The van der Waals surface area contributed by atoms with Gasteiger partial charge in [-0.2, -0.15) is 0 Å². The van der Waals surface area contributed by atoms with Gasteiger partial charge in [-0.15, -0.1) is 0 Å². The van der Waals surface area contributed by atoms with Crippen molar-refractivity contribution in [2.45, 2.75) is 13.8 Å². The number of rotatable bonds is 6. The van der Waals surface area contributed by atoms with E-state index in [0.717, 1.165) is 4.47 Å². The molecule has 1 aliphatic rings. The lowest BCUT2D eigenvalue weighted by Crippen LogP contribution is -2.54. The third-order valence-corrected chi connectivity index (χ3v) is 4.88. The molecule has 0 bridgehead atoms. The van der Waals surface area contributed by atoms with E-state index >= 15 is 0 Å². The standard InChI is InChI=1S/C21H19BrN2O4S/c1-3-27-17-10-5-13(12-18(17)28-4-2)11-16-19(25)23-21(29)24(20(16)26)15-8-6-14(22)7-9-15/h5-12H,3-4H2,1-2H3,(H,23,25,29)/b16-11-. The van der Waals surface area contributed by atoms with Gasteiger partial charge in [0.05, 0.1) is 18.9 Å². The second kappa shape index (κ2) is 9.19. The van der Waals surface area contributed by atoms with E-state index < -0.39 is 11.8 Å². The molecule has 0 unspecified atom stereocenters. The van der Waals surface area contributed by atoms with Crippen LogP contribution in [0.2, 0.25) is 0 Å². The summed E-state index contributed by atoms with van der Waals surface area (Å²) < 4.78 is 12.0. The van der Waals surface area contributed by atoms with Crippen molar-refractivity contribution in [3.8, 4) is 11.5 Å². The molecule has 2 aromatic rings. The van der Waals surface area contributed by atoms with E-state index in [0.29, 0.717) is 36.0 Å². The fourth-order valence-corrected chi connectivity index (χ4v) is 3.35. The van der Waals surface area contributed by atoms with E-state index in [1.54, 1.807) is 42.5 Å². The summed E-state index contributed by atoms with van der Waals surface area (Å²) in [6.07, 6.45) is 1.52. The zero-order valence-electron chi connectivity index (χ0n) is 15.9. The second-order valence-corrected chi connectivity index (χ2v) is 7.31.